The molecule has 2 aromatic carbocycles. The van der Waals surface area contributed by atoms with Crippen LogP contribution in [-0.4, -0.2) is 6.04 Å². The molecule has 0 radical (unpaired) electrons. The van der Waals surface area contributed by atoms with Gasteiger partial charge in [-0.3, -0.25) is 0 Å². The largest absolute Gasteiger partial charge is 0.328 e. The molecule has 0 saturated heterocycles. The number of nitrogens with two attached hydrogens (primary N) is 1. The molecule has 0 heterocycles. The van der Waals surface area contributed by atoms with Crippen LogP contribution in [0.15, 0.2) is 42.5 Å². The van der Waals surface area contributed by atoms with Crippen LogP contribution in [0.2, 0.25) is 10.0 Å². The molecule has 0 spiro atoms. The molecular formula is C16H17Cl2N. The first-order chi connectivity index (χ1) is 9.06. The van der Waals surface area contributed by atoms with E-state index in [9.17, 15) is 0 Å². The van der Waals surface area contributed by atoms with Crippen LogP contribution in [0.3, 0.4) is 0 Å². The van der Waals surface area contributed by atoms with Gasteiger partial charge in [0.25, 0.3) is 0 Å². The maximum atomic E-state index is 6.03. The number of halogens is 2. The van der Waals surface area contributed by atoms with Crippen molar-refractivity contribution in [2.45, 2.75) is 25.8 Å². The highest BCUT2D eigenvalue weighted by molar-refractivity contribution is 6.42. The van der Waals surface area contributed by atoms with Crippen molar-refractivity contribution in [1.82, 2.24) is 0 Å². The summed E-state index contributed by atoms with van der Waals surface area (Å²) in [5, 5.41) is 1.17. The summed E-state index contributed by atoms with van der Waals surface area (Å²) in [7, 11) is 0. The Labute approximate surface area is 124 Å². The Bertz CT molecular complexity index is 547. The zero-order chi connectivity index (χ0) is 13.8. The van der Waals surface area contributed by atoms with Crippen LogP contribution in [-0.2, 0) is 6.42 Å². The minimum Gasteiger partial charge on any atom is -0.328 e. The van der Waals surface area contributed by atoms with Gasteiger partial charge in [-0.25, -0.2) is 0 Å². The lowest BCUT2D eigenvalue weighted by molar-refractivity contribution is 0.666. The zero-order valence-corrected chi connectivity index (χ0v) is 12.4. The summed E-state index contributed by atoms with van der Waals surface area (Å²) in [6.45, 7) is 2.03. The molecule has 3 heteroatoms. The fraction of sp³-hybridized carbons (Fsp3) is 0.250. The van der Waals surface area contributed by atoms with Crippen molar-refractivity contribution < 1.29 is 0 Å². The highest BCUT2D eigenvalue weighted by Crippen LogP contribution is 2.28. The Kier molecular flexibility index (Phi) is 4.87. The average Bonchev–Trinajstić information content (AvgIpc) is 2.40. The molecule has 0 fully saturated rings. The van der Waals surface area contributed by atoms with Gasteiger partial charge in [0.1, 0.15) is 0 Å². The van der Waals surface area contributed by atoms with E-state index in [0.29, 0.717) is 10.0 Å². The molecule has 1 atom stereocenters. The van der Waals surface area contributed by atoms with Gasteiger partial charge in [0.2, 0.25) is 0 Å². The minimum absolute atomic E-state index is 0.245. The summed E-state index contributed by atoms with van der Waals surface area (Å²) in [5.41, 5.74) is 9.29. The third-order valence-electron chi connectivity index (χ3n) is 3.10. The van der Waals surface area contributed by atoms with Crippen LogP contribution in [0.4, 0.5) is 0 Å². The van der Waals surface area contributed by atoms with Crippen molar-refractivity contribution in [3.8, 4) is 11.1 Å². The Balaban J connectivity index is 2.15. The average molecular weight is 294 g/mol. The molecule has 0 aromatic heterocycles. The maximum Gasteiger partial charge on any atom is 0.0598 e. The lowest BCUT2D eigenvalue weighted by atomic mass is 10.0. The van der Waals surface area contributed by atoms with E-state index in [-0.39, 0.29) is 6.04 Å². The SMILES string of the molecule is CC(N)CCc1ccc(-c2ccc(Cl)c(Cl)c2)cc1. The Morgan fingerprint density at radius 3 is 2.16 bits per heavy atom. The van der Waals surface area contributed by atoms with Gasteiger partial charge in [0.15, 0.2) is 0 Å². The van der Waals surface area contributed by atoms with Crippen LogP contribution in [0, 0.1) is 0 Å². The molecule has 19 heavy (non-hydrogen) atoms. The lowest BCUT2D eigenvalue weighted by Crippen LogP contribution is -2.15. The molecule has 0 bridgehead atoms. The van der Waals surface area contributed by atoms with E-state index in [4.69, 9.17) is 28.9 Å². The monoisotopic (exact) mass is 293 g/mol. The van der Waals surface area contributed by atoms with E-state index in [1.165, 1.54) is 5.56 Å². The van der Waals surface area contributed by atoms with E-state index in [1.807, 2.05) is 25.1 Å². The second-order valence-electron chi connectivity index (χ2n) is 4.84. The predicted molar refractivity (Wildman–Crippen MR) is 83.9 cm³/mol. The first-order valence-corrected chi connectivity index (χ1v) is 7.12. The maximum absolute atomic E-state index is 6.03. The molecule has 2 rings (SSSR count). The first kappa shape index (κ1) is 14.4. The fourth-order valence-electron chi connectivity index (χ4n) is 1.93. The Hall–Kier alpha value is -1.02. The van der Waals surface area contributed by atoms with Gasteiger partial charge in [0.05, 0.1) is 10.0 Å². The normalized spacial score (nSPS) is 12.4. The molecule has 0 aliphatic heterocycles. The molecule has 0 amide bonds. The second kappa shape index (κ2) is 6.42. The Morgan fingerprint density at radius 1 is 0.947 bits per heavy atom. The molecule has 0 saturated carbocycles. The van der Waals surface area contributed by atoms with Gasteiger partial charge in [-0.05, 0) is 48.6 Å². The molecule has 2 aromatic rings. The van der Waals surface area contributed by atoms with Gasteiger partial charge >= 0.3 is 0 Å². The van der Waals surface area contributed by atoms with Gasteiger partial charge in [0, 0.05) is 6.04 Å². The standard InChI is InChI=1S/C16H17Cl2N/c1-11(19)2-3-12-4-6-13(7-5-12)14-8-9-15(17)16(18)10-14/h4-11H,2-3,19H2,1H3. The van der Waals surface area contributed by atoms with Crippen molar-refractivity contribution in [2.24, 2.45) is 5.73 Å². The highest BCUT2D eigenvalue weighted by atomic mass is 35.5. The van der Waals surface area contributed by atoms with E-state index >= 15 is 0 Å². The minimum atomic E-state index is 0.245. The summed E-state index contributed by atoms with van der Waals surface area (Å²) in [6, 6.07) is 14.4. The van der Waals surface area contributed by atoms with Crippen LogP contribution >= 0.6 is 23.2 Å². The highest BCUT2D eigenvalue weighted by Gasteiger charge is 2.03. The summed E-state index contributed by atoms with van der Waals surface area (Å²) < 4.78 is 0. The van der Waals surface area contributed by atoms with Crippen LogP contribution < -0.4 is 5.73 Å². The van der Waals surface area contributed by atoms with Crippen LogP contribution in [0.1, 0.15) is 18.9 Å². The van der Waals surface area contributed by atoms with Crippen molar-refractivity contribution >= 4 is 23.2 Å². The van der Waals surface area contributed by atoms with E-state index in [2.05, 4.69) is 24.3 Å². The lowest BCUT2D eigenvalue weighted by Gasteiger charge is -2.07. The van der Waals surface area contributed by atoms with Crippen LogP contribution in [0.5, 0.6) is 0 Å². The topological polar surface area (TPSA) is 26.0 Å². The molecule has 0 aliphatic rings. The molecular weight excluding hydrogens is 277 g/mol. The third kappa shape index (κ3) is 3.97. The van der Waals surface area contributed by atoms with Crippen LogP contribution in [0.25, 0.3) is 11.1 Å². The van der Waals surface area contributed by atoms with Gasteiger partial charge in [-0.15, -0.1) is 0 Å². The summed E-state index contributed by atoms with van der Waals surface area (Å²) in [5.74, 6) is 0. The molecule has 1 unspecified atom stereocenters. The fourth-order valence-corrected chi connectivity index (χ4v) is 2.23. The first-order valence-electron chi connectivity index (χ1n) is 6.36. The molecule has 100 valence electrons. The van der Waals surface area contributed by atoms with Gasteiger partial charge < -0.3 is 5.73 Å². The number of hydrogen-bond acceptors (Lipinski definition) is 1. The van der Waals surface area contributed by atoms with Crippen molar-refractivity contribution in [3.05, 3.63) is 58.1 Å². The van der Waals surface area contributed by atoms with E-state index in [0.717, 1.165) is 24.0 Å². The smallest absolute Gasteiger partial charge is 0.0598 e. The number of benzene rings is 2. The summed E-state index contributed by atoms with van der Waals surface area (Å²) in [4.78, 5) is 0. The van der Waals surface area contributed by atoms with E-state index in [1.54, 1.807) is 0 Å². The number of aryl methyl sites for hydroxylation is 1. The Morgan fingerprint density at radius 2 is 1.58 bits per heavy atom. The quantitative estimate of drug-likeness (QED) is 0.849. The van der Waals surface area contributed by atoms with Gasteiger partial charge in [-0.1, -0.05) is 53.5 Å². The number of rotatable bonds is 4. The van der Waals surface area contributed by atoms with Crippen molar-refractivity contribution in [2.75, 3.05) is 0 Å². The van der Waals surface area contributed by atoms with Crippen molar-refractivity contribution in [1.29, 1.82) is 0 Å². The molecule has 1 nitrogen and oxygen atoms in total. The number of hydrogen-bond donors (Lipinski definition) is 1. The molecule has 2 N–H and O–H groups in total. The zero-order valence-electron chi connectivity index (χ0n) is 10.9. The van der Waals surface area contributed by atoms with Crippen molar-refractivity contribution in [3.63, 3.8) is 0 Å². The summed E-state index contributed by atoms with van der Waals surface area (Å²) >= 11 is 12.0. The second-order valence-corrected chi connectivity index (χ2v) is 5.66. The van der Waals surface area contributed by atoms with Gasteiger partial charge in [-0.2, -0.15) is 0 Å². The van der Waals surface area contributed by atoms with E-state index < -0.39 is 0 Å². The summed E-state index contributed by atoms with van der Waals surface area (Å²) in [6.07, 6.45) is 2.02. The predicted octanol–water partition coefficient (Wildman–Crippen LogP) is 4.94. The molecule has 0 aliphatic carbocycles. The third-order valence-corrected chi connectivity index (χ3v) is 3.83.